The Bertz CT molecular complexity index is 914. The summed E-state index contributed by atoms with van der Waals surface area (Å²) in [7, 11) is 0. The Labute approximate surface area is 167 Å². The van der Waals surface area contributed by atoms with Crippen LogP contribution >= 0.6 is 0 Å². The lowest BCUT2D eigenvalue weighted by atomic mass is 9.78. The van der Waals surface area contributed by atoms with Crippen LogP contribution in [0.15, 0.2) is 54.6 Å². The minimum atomic E-state index is -0.515. The number of halogens is 1. The molecule has 1 aliphatic rings. The van der Waals surface area contributed by atoms with E-state index in [2.05, 4.69) is 49.1 Å². The summed E-state index contributed by atoms with van der Waals surface area (Å²) in [5.41, 5.74) is 3.56. The van der Waals surface area contributed by atoms with Crippen LogP contribution in [0.5, 0.6) is 0 Å². The van der Waals surface area contributed by atoms with E-state index in [1.165, 1.54) is 55.4 Å². The zero-order valence-electron chi connectivity index (χ0n) is 16.4. The maximum atomic E-state index is 13.6. The van der Waals surface area contributed by atoms with Gasteiger partial charge in [0.15, 0.2) is 0 Å². The molecule has 2 aromatic carbocycles. The van der Waals surface area contributed by atoms with Gasteiger partial charge in [0.05, 0.1) is 5.56 Å². The zero-order chi connectivity index (χ0) is 19.8. The third-order valence-corrected chi connectivity index (χ3v) is 5.52. The van der Waals surface area contributed by atoms with Gasteiger partial charge in [-0.2, -0.15) is 5.26 Å². The number of aryl methyl sites for hydroxylation is 1. The second-order valence-electron chi connectivity index (χ2n) is 7.54. The molecule has 2 aromatic rings. The number of hydrogen-bond acceptors (Lipinski definition) is 1. The lowest BCUT2D eigenvalue weighted by molar-refractivity contribution is 0.376. The van der Waals surface area contributed by atoms with Crippen LogP contribution in [0.25, 0.3) is 0 Å². The van der Waals surface area contributed by atoms with Gasteiger partial charge in [0, 0.05) is 5.56 Å². The molecule has 1 fully saturated rings. The van der Waals surface area contributed by atoms with E-state index in [4.69, 9.17) is 5.26 Å². The highest BCUT2D eigenvalue weighted by Gasteiger charge is 2.20. The average Bonchev–Trinajstić information content (AvgIpc) is 2.73. The highest BCUT2D eigenvalue weighted by molar-refractivity contribution is 5.42. The summed E-state index contributed by atoms with van der Waals surface area (Å²) < 4.78 is 13.6. The Hall–Kier alpha value is -2.84. The molecule has 0 atom stereocenters. The number of hydrogen-bond donors (Lipinski definition) is 0. The molecule has 1 nitrogen and oxygen atoms in total. The maximum absolute atomic E-state index is 13.6. The zero-order valence-corrected chi connectivity index (χ0v) is 16.4. The minimum absolute atomic E-state index is 0.0536. The molecule has 0 spiro atoms. The van der Waals surface area contributed by atoms with Crippen LogP contribution in [-0.2, 0) is 6.42 Å². The van der Waals surface area contributed by atoms with Gasteiger partial charge in [-0.25, -0.2) is 4.39 Å². The fraction of sp³-hybridized carbons (Fsp3) is 0.346. The third kappa shape index (κ3) is 5.34. The Kier molecular flexibility index (Phi) is 7.05. The predicted molar refractivity (Wildman–Crippen MR) is 112 cm³/mol. The lowest BCUT2D eigenvalue weighted by Gasteiger charge is -2.27. The molecule has 0 aliphatic heterocycles. The van der Waals surface area contributed by atoms with Crippen molar-refractivity contribution in [2.24, 2.45) is 5.92 Å². The van der Waals surface area contributed by atoms with Crippen molar-refractivity contribution < 1.29 is 4.39 Å². The Morgan fingerprint density at radius 1 is 1.07 bits per heavy atom. The van der Waals surface area contributed by atoms with E-state index in [-0.39, 0.29) is 5.56 Å². The minimum Gasteiger partial charge on any atom is -0.206 e. The van der Waals surface area contributed by atoms with Crippen molar-refractivity contribution in [1.29, 1.82) is 5.26 Å². The van der Waals surface area contributed by atoms with Crippen molar-refractivity contribution in [2.45, 2.75) is 51.4 Å². The van der Waals surface area contributed by atoms with Gasteiger partial charge in [0.2, 0.25) is 0 Å². The predicted octanol–water partition coefficient (Wildman–Crippen LogP) is 6.53. The molecule has 0 bridgehead atoms. The molecule has 1 aliphatic carbocycles. The summed E-state index contributed by atoms with van der Waals surface area (Å²) in [6.45, 7) is 2.22. The highest BCUT2D eigenvalue weighted by Crippen LogP contribution is 2.36. The summed E-state index contributed by atoms with van der Waals surface area (Å²) in [6.07, 6.45) is 11.2. The smallest absolute Gasteiger partial charge is 0.142 e. The first-order valence-electron chi connectivity index (χ1n) is 10.2. The number of nitrogens with zero attached hydrogens (tertiary/aromatic N) is 1. The van der Waals surface area contributed by atoms with Gasteiger partial charge < -0.3 is 0 Å². The van der Waals surface area contributed by atoms with Crippen LogP contribution in [0.3, 0.4) is 0 Å². The van der Waals surface area contributed by atoms with Crippen LogP contribution in [0, 0.1) is 34.9 Å². The number of benzene rings is 2. The van der Waals surface area contributed by atoms with E-state index in [1.54, 1.807) is 6.07 Å². The molecule has 1 saturated carbocycles. The van der Waals surface area contributed by atoms with Gasteiger partial charge in [-0.1, -0.05) is 55.5 Å². The largest absolute Gasteiger partial charge is 0.206 e. The molecule has 0 aromatic heterocycles. The molecule has 0 heterocycles. The van der Waals surface area contributed by atoms with E-state index in [0.29, 0.717) is 17.4 Å². The molecule has 3 rings (SSSR count). The molecular formula is C26H26FN. The molecular weight excluding hydrogens is 345 g/mol. The Morgan fingerprint density at radius 2 is 1.82 bits per heavy atom. The van der Waals surface area contributed by atoms with Crippen LogP contribution < -0.4 is 0 Å². The molecule has 28 heavy (non-hydrogen) atoms. The quantitative estimate of drug-likeness (QED) is 0.560. The molecule has 2 heteroatoms. The Balaban J connectivity index is 1.50. The summed E-state index contributed by atoms with van der Waals surface area (Å²) in [6, 6.07) is 15.5. The first-order chi connectivity index (χ1) is 13.7. The number of allylic oxidation sites excluding steroid dienone is 2. The van der Waals surface area contributed by atoms with Gasteiger partial charge >= 0.3 is 0 Å². The summed E-state index contributed by atoms with van der Waals surface area (Å²) in [4.78, 5) is 0. The molecule has 0 N–H and O–H groups in total. The third-order valence-electron chi connectivity index (χ3n) is 5.52. The monoisotopic (exact) mass is 371 g/mol. The molecule has 0 radical (unpaired) electrons. The second kappa shape index (κ2) is 9.91. The summed E-state index contributed by atoms with van der Waals surface area (Å²) >= 11 is 0. The molecule has 0 unspecified atom stereocenters. The van der Waals surface area contributed by atoms with Crippen LogP contribution in [-0.4, -0.2) is 0 Å². The van der Waals surface area contributed by atoms with Crippen molar-refractivity contribution in [3.05, 3.63) is 82.7 Å². The summed E-state index contributed by atoms with van der Waals surface area (Å²) in [5.74, 6) is 6.67. The maximum Gasteiger partial charge on any atom is 0.142 e. The van der Waals surface area contributed by atoms with Crippen molar-refractivity contribution in [2.75, 3.05) is 0 Å². The summed E-state index contributed by atoms with van der Waals surface area (Å²) in [5, 5.41) is 8.76. The Morgan fingerprint density at radius 3 is 2.46 bits per heavy atom. The van der Waals surface area contributed by atoms with Gasteiger partial charge in [-0.15, -0.1) is 0 Å². The normalized spacial score (nSPS) is 19.0. The van der Waals surface area contributed by atoms with Crippen molar-refractivity contribution in [1.82, 2.24) is 0 Å². The fourth-order valence-corrected chi connectivity index (χ4v) is 3.88. The van der Waals surface area contributed by atoms with E-state index < -0.39 is 5.82 Å². The number of rotatable bonds is 4. The average molecular weight is 371 g/mol. The van der Waals surface area contributed by atoms with Gasteiger partial charge in [-0.05, 0) is 79.3 Å². The second-order valence-corrected chi connectivity index (χ2v) is 7.54. The van der Waals surface area contributed by atoms with Crippen molar-refractivity contribution in [3.63, 3.8) is 0 Å². The van der Waals surface area contributed by atoms with E-state index in [1.807, 2.05) is 12.1 Å². The van der Waals surface area contributed by atoms with Gasteiger partial charge in [0.1, 0.15) is 11.9 Å². The van der Waals surface area contributed by atoms with Gasteiger partial charge in [-0.3, -0.25) is 0 Å². The van der Waals surface area contributed by atoms with E-state index in [0.717, 1.165) is 6.42 Å². The highest BCUT2D eigenvalue weighted by atomic mass is 19.1. The van der Waals surface area contributed by atoms with E-state index >= 15 is 0 Å². The molecule has 142 valence electrons. The SMILES string of the molecule is CCCc1ccc(C2CCC(/C=C/C#Cc3ccc(C#N)c(F)c3)CC2)cc1. The number of nitriles is 1. The first kappa shape index (κ1) is 19.9. The topological polar surface area (TPSA) is 23.8 Å². The van der Waals surface area contributed by atoms with Crippen LogP contribution in [0.1, 0.15) is 67.2 Å². The van der Waals surface area contributed by atoms with Crippen molar-refractivity contribution >= 4 is 0 Å². The standard InChI is InChI=1S/C26H26FN/c1-2-5-20-8-13-23(14-9-20)24-15-10-21(11-16-24)6-3-4-7-22-12-17-25(19-28)26(27)18-22/h3,6,8-9,12-14,17-18,21,24H,2,5,10-11,15-16H2,1H3/b6-3+. The van der Waals surface area contributed by atoms with E-state index in [9.17, 15) is 4.39 Å². The molecule has 0 amide bonds. The first-order valence-corrected chi connectivity index (χ1v) is 10.2. The van der Waals surface area contributed by atoms with Gasteiger partial charge in [0.25, 0.3) is 0 Å². The molecule has 0 saturated heterocycles. The van der Waals surface area contributed by atoms with Crippen LogP contribution in [0.4, 0.5) is 4.39 Å². The van der Waals surface area contributed by atoms with Crippen molar-refractivity contribution in [3.8, 4) is 17.9 Å². The van der Waals surface area contributed by atoms with Crippen LogP contribution in [0.2, 0.25) is 0 Å². The fourth-order valence-electron chi connectivity index (χ4n) is 3.88. The lowest BCUT2D eigenvalue weighted by Crippen LogP contribution is -2.11.